The first kappa shape index (κ1) is 11.6. The Balaban J connectivity index is 2.88. The third-order valence-corrected chi connectivity index (χ3v) is 2.98. The molecule has 0 bridgehead atoms. The Morgan fingerprint density at radius 2 is 2.29 bits per heavy atom. The molecule has 0 spiro atoms. The molecule has 1 atom stereocenters. The molecule has 0 saturated carbocycles. The highest BCUT2D eigenvalue weighted by Crippen LogP contribution is 2.11. The van der Waals surface area contributed by atoms with Crippen molar-refractivity contribution in [3.8, 4) is 0 Å². The summed E-state index contributed by atoms with van der Waals surface area (Å²) in [5.74, 6) is 1.88. The lowest BCUT2D eigenvalue weighted by Crippen LogP contribution is -2.11. The first-order valence-electron chi connectivity index (χ1n) is 4.47. The molecule has 1 aromatic rings. The summed E-state index contributed by atoms with van der Waals surface area (Å²) in [6, 6.07) is 0. The van der Waals surface area contributed by atoms with Gasteiger partial charge in [0.05, 0.1) is 0 Å². The van der Waals surface area contributed by atoms with Gasteiger partial charge in [-0.15, -0.1) is 0 Å². The van der Waals surface area contributed by atoms with Crippen LogP contribution in [0.15, 0.2) is 0 Å². The Morgan fingerprint density at radius 3 is 2.79 bits per heavy atom. The smallest absolute Gasteiger partial charge is 0.195 e. The van der Waals surface area contributed by atoms with E-state index >= 15 is 0 Å². The number of hydrogen-bond donors (Lipinski definition) is 1. The molecule has 0 aromatic carbocycles. The first-order valence-corrected chi connectivity index (χ1v) is 6.61. The molecule has 0 aliphatic rings. The lowest BCUT2D eigenvalue weighted by molar-refractivity contribution is 0.640. The van der Waals surface area contributed by atoms with Gasteiger partial charge < -0.3 is 4.57 Å². The predicted molar refractivity (Wildman–Crippen MR) is 60.4 cm³/mol. The number of H-pyrrole nitrogens is 1. The monoisotopic (exact) mass is 233 g/mol. The van der Waals surface area contributed by atoms with Crippen molar-refractivity contribution in [2.75, 3.05) is 12.0 Å². The average Bonchev–Trinajstić information content (AvgIpc) is 2.43. The number of rotatable bonds is 4. The van der Waals surface area contributed by atoms with Gasteiger partial charge in [0.25, 0.3) is 0 Å². The molecule has 14 heavy (non-hydrogen) atoms. The zero-order valence-corrected chi connectivity index (χ0v) is 10.2. The van der Waals surface area contributed by atoms with Gasteiger partial charge in [0.15, 0.2) is 4.77 Å². The van der Waals surface area contributed by atoms with Gasteiger partial charge in [-0.2, -0.15) is 5.10 Å². The van der Waals surface area contributed by atoms with Crippen molar-refractivity contribution < 1.29 is 4.21 Å². The van der Waals surface area contributed by atoms with E-state index in [1.54, 1.807) is 6.26 Å². The minimum atomic E-state index is -0.789. The normalized spacial score (nSPS) is 13.4. The van der Waals surface area contributed by atoms with E-state index in [2.05, 4.69) is 24.0 Å². The molecule has 0 amide bonds. The largest absolute Gasteiger partial charge is 0.303 e. The average molecular weight is 233 g/mol. The van der Waals surface area contributed by atoms with Crippen molar-refractivity contribution >= 4 is 23.0 Å². The number of nitrogens with one attached hydrogen (secondary N) is 1. The van der Waals surface area contributed by atoms with Crippen molar-refractivity contribution in [1.82, 2.24) is 14.8 Å². The van der Waals surface area contributed by atoms with Gasteiger partial charge in [-0.05, 0) is 12.2 Å². The Labute approximate surface area is 91.2 Å². The molecule has 1 rings (SSSR count). The molecule has 0 radical (unpaired) electrons. The summed E-state index contributed by atoms with van der Waals surface area (Å²) in [6.07, 6.45) is 1.69. The molecule has 1 aromatic heterocycles. The fraction of sp³-hybridized carbons (Fsp3) is 0.750. The van der Waals surface area contributed by atoms with Gasteiger partial charge in [-0.25, -0.2) is 0 Å². The highest BCUT2D eigenvalue weighted by atomic mass is 32.2. The summed E-state index contributed by atoms with van der Waals surface area (Å²) in [5.41, 5.74) is 0. The number of nitrogens with zero attached hydrogens (tertiary/aromatic N) is 2. The highest BCUT2D eigenvalue weighted by molar-refractivity contribution is 7.84. The summed E-state index contributed by atoms with van der Waals surface area (Å²) in [5, 5.41) is 6.90. The molecule has 4 nitrogen and oxygen atoms in total. The molecular formula is C8H15N3OS2. The molecular weight excluding hydrogens is 218 g/mol. The fourth-order valence-electron chi connectivity index (χ4n) is 1.21. The van der Waals surface area contributed by atoms with E-state index in [-0.39, 0.29) is 0 Å². The van der Waals surface area contributed by atoms with Crippen LogP contribution >= 0.6 is 12.2 Å². The second-order valence-electron chi connectivity index (χ2n) is 3.47. The van der Waals surface area contributed by atoms with Crippen LogP contribution in [-0.4, -0.2) is 31.0 Å². The second-order valence-corrected chi connectivity index (χ2v) is 5.41. The van der Waals surface area contributed by atoms with Gasteiger partial charge in [0.1, 0.15) is 5.82 Å². The summed E-state index contributed by atoms with van der Waals surface area (Å²) in [4.78, 5) is 0. The Hall–Kier alpha value is -0.490. The number of aromatic nitrogens is 3. The zero-order chi connectivity index (χ0) is 10.7. The van der Waals surface area contributed by atoms with Crippen LogP contribution in [0.4, 0.5) is 0 Å². The minimum absolute atomic E-state index is 0.327. The Kier molecular flexibility index (Phi) is 4.00. The van der Waals surface area contributed by atoms with Gasteiger partial charge in [0, 0.05) is 35.3 Å². The maximum absolute atomic E-state index is 11.0. The molecule has 0 aliphatic heterocycles. The molecule has 0 fully saturated rings. The molecule has 1 N–H and O–H groups in total. The molecule has 0 aliphatic carbocycles. The van der Waals surface area contributed by atoms with Crippen LogP contribution < -0.4 is 0 Å². The van der Waals surface area contributed by atoms with E-state index in [4.69, 9.17) is 12.2 Å². The predicted octanol–water partition coefficient (Wildman–Crippen LogP) is 1.44. The number of aromatic amines is 1. The third kappa shape index (κ3) is 2.75. The van der Waals surface area contributed by atoms with E-state index in [0.717, 1.165) is 5.82 Å². The first-order chi connectivity index (χ1) is 6.52. The van der Waals surface area contributed by atoms with Crippen molar-refractivity contribution in [1.29, 1.82) is 0 Å². The lowest BCUT2D eigenvalue weighted by atomic mass is 10.2. The van der Waals surface area contributed by atoms with Gasteiger partial charge in [-0.1, -0.05) is 13.8 Å². The molecule has 0 saturated heterocycles. The van der Waals surface area contributed by atoms with Crippen molar-refractivity contribution in [2.45, 2.75) is 26.3 Å². The van der Waals surface area contributed by atoms with E-state index in [1.807, 2.05) is 4.57 Å². The SMILES string of the molecule is CC(C)c1n[nH]c(=S)n1CCS(C)=O. The molecule has 1 unspecified atom stereocenters. The van der Waals surface area contributed by atoms with Crippen molar-refractivity contribution in [3.05, 3.63) is 10.6 Å². The summed E-state index contributed by atoms with van der Waals surface area (Å²) in [7, 11) is -0.789. The molecule has 1 heterocycles. The zero-order valence-electron chi connectivity index (χ0n) is 8.61. The lowest BCUT2D eigenvalue weighted by Gasteiger charge is -2.07. The summed E-state index contributed by atoms with van der Waals surface area (Å²) < 4.78 is 13.5. The Bertz CT molecular complexity index is 380. The van der Waals surface area contributed by atoms with E-state index in [9.17, 15) is 4.21 Å². The van der Waals surface area contributed by atoms with E-state index in [0.29, 0.717) is 23.0 Å². The van der Waals surface area contributed by atoms with Crippen LogP contribution in [0.25, 0.3) is 0 Å². The second kappa shape index (κ2) is 4.84. The van der Waals surface area contributed by atoms with Crippen molar-refractivity contribution in [3.63, 3.8) is 0 Å². The number of hydrogen-bond acceptors (Lipinski definition) is 3. The van der Waals surface area contributed by atoms with Gasteiger partial charge >= 0.3 is 0 Å². The third-order valence-electron chi connectivity index (χ3n) is 1.91. The topological polar surface area (TPSA) is 50.7 Å². The highest BCUT2D eigenvalue weighted by Gasteiger charge is 2.09. The van der Waals surface area contributed by atoms with Crippen LogP contribution in [0, 0.1) is 4.77 Å². The quantitative estimate of drug-likeness (QED) is 0.801. The van der Waals surface area contributed by atoms with Crippen LogP contribution in [0.1, 0.15) is 25.6 Å². The van der Waals surface area contributed by atoms with E-state index in [1.165, 1.54) is 0 Å². The van der Waals surface area contributed by atoms with Crippen molar-refractivity contribution in [2.24, 2.45) is 0 Å². The van der Waals surface area contributed by atoms with Crippen LogP contribution in [0.2, 0.25) is 0 Å². The Morgan fingerprint density at radius 1 is 1.64 bits per heavy atom. The van der Waals surface area contributed by atoms with Crippen LogP contribution in [0.5, 0.6) is 0 Å². The van der Waals surface area contributed by atoms with Crippen LogP contribution in [-0.2, 0) is 17.3 Å². The minimum Gasteiger partial charge on any atom is -0.303 e. The molecule has 6 heteroatoms. The summed E-state index contributed by atoms with van der Waals surface area (Å²) in [6.45, 7) is 4.79. The summed E-state index contributed by atoms with van der Waals surface area (Å²) >= 11 is 5.09. The van der Waals surface area contributed by atoms with Gasteiger partial charge in [-0.3, -0.25) is 9.31 Å². The van der Waals surface area contributed by atoms with Crippen LogP contribution in [0.3, 0.4) is 0 Å². The fourth-order valence-corrected chi connectivity index (χ4v) is 1.88. The van der Waals surface area contributed by atoms with Gasteiger partial charge in [0.2, 0.25) is 0 Å². The maximum Gasteiger partial charge on any atom is 0.195 e. The molecule has 80 valence electrons. The maximum atomic E-state index is 11.0. The standard InChI is InChI=1S/C8H15N3OS2/c1-6(2)7-9-10-8(13)11(7)4-5-14(3)12/h6H,4-5H2,1-3H3,(H,10,13). The van der Waals surface area contributed by atoms with E-state index < -0.39 is 10.8 Å².